The van der Waals surface area contributed by atoms with E-state index in [0.29, 0.717) is 5.75 Å². The highest BCUT2D eigenvalue weighted by Crippen LogP contribution is 2.34. The number of aromatic nitrogens is 2. The van der Waals surface area contributed by atoms with Crippen molar-refractivity contribution >= 4 is 5.84 Å². The molecule has 0 fully saturated rings. The van der Waals surface area contributed by atoms with Crippen LogP contribution in [-0.4, -0.2) is 15.8 Å². The van der Waals surface area contributed by atoms with E-state index in [1.54, 1.807) is 0 Å². The van der Waals surface area contributed by atoms with Gasteiger partial charge in [-0.3, -0.25) is 5.41 Å². The van der Waals surface area contributed by atoms with Crippen molar-refractivity contribution in [1.82, 2.24) is 9.97 Å². The van der Waals surface area contributed by atoms with E-state index in [4.69, 9.17) is 15.9 Å². The molecule has 1 heterocycles. The standard InChI is InChI=1S/C16H20N4O/c1-10-5-6-12(11(9-10)16(2,3)4)21-15-13(14(17)18)19-7-8-20-15/h5-9H,1-4H3,(H3,17,18). The summed E-state index contributed by atoms with van der Waals surface area (Å²) in [5, 5.41) is 7.55. The van der Waals surface area contributed by atoms with Gasteiger partial charge in [-0.25, -0.2) is 9.97 Å². The van der Waals surface area contributed by atoms with Crippen LogP contribution in [0.15, 0.2) is 30.6 Å². The molecule has 0 amide bonds. The number of nitrogens with one attached hydrogen (secondary N) is 1. The number of nitrogen functional groups attached to an aromatic ring is 1. The second kappa shape index (κ2) is 5.52. The van der Waals surface area contributed by atoms with Crippen molar-refractivity contribution in [2.45, 2.75) is 33.1 Å². The molecular weight excluding hydrogens is 264 g/mol. The van der Waals surface area contributed by atoms with Crippen LogP contribution in [0.2, 0.25) is 0 Å². The van der Waals surface area contributed by atoms with Gasteiger partial charge in [-0.2, -0.15) is 0 Å². The maximum atomic E-state index is 7.55. The summed E-state index contributed by atoms with van der Waals surface area (Å²) in [6, 6.07) is 5.99. The van der Waals surface area contributed by atoms with E-state index in [1.165, 1.54) is 18.0 Å². The van der Waals surface area contributed by atoms with Gasteiger partial charge in [0.05, 0.1) is 0 Å². The van der Waals surface area contributed by atoms with E-state index in [1.807, 2.05) is 19.1 Å². The lowest BCUT2D eigenvalue weighted by atomic mass is 9.85. The largest absolute Gasteiger partial charge is 0.437 e. The Bertz CT molecular complexity index is 674. The van der Waals surface area contributed by atoms with Crippen LogP contribution in [-0.2, 0) is 5.41 Å². The highest BCUT2D eigenvalue weighted by Gasteiger charge is 2.21. The molecule has 0 saturated heterocycles. The molecule has 5 nitrogen and oxygen atoms in total. The Morgan fingerprint density at radius 3 is 2.48 bits per heavy atom. The zero-order chi connectivity index (χ0) is 15.6. The van der Waals surface area contributed by atoms with Crippen LogP contribution in [0, 0.1) is 12.3 Å². The molecule has 0 radical (unpaired) electrons. The molecule has 0 bridgehead atoms. The smallest absolute Gasteiger partial charge is 0.249 e. The lowest BCUT2D eigenvalue weighted by Crippen LogP contribution is -2.16. The third kappa shape index (κ3) is 3.37. The molecule has 0 aliphatic rings. The average molecular weight is 284 g/mol. The predicted octanol–water partition coefficient (Wildman–Crippen LogP) is 3.16. The molecule has 0 unspecified atom stereocenters. The topological polar surface area (TPSA) is 84.9 Å². The molecule has 2 rings (SSSR count). The summed E-state index contributed by atoms with van der Waals surface area (Å²) in [7, 11) is 0. The van der Waals surface area contributed by atoms with E-state index in [9.17, 15) is 0 Å². The van der Waals surface area contributed by atoms with Gasteiger partial charge in [0.2, 0.25) is 5.88 Å². The lowest BCUT2D eigenvalue weighted by molar-refractivity contribution is 0.436. The molecule has 0 aliphatic heterocycles. The third-order valence-corrected chi connectivity index (χ3v) is 3.07. The lowest BCUT2D eigenvalue weighted by Gasteiger charge is -2.23. The molecule has 5 heteroatoms. The molecule has 1 aromatic carbocycles. The predicted molar refractivity (Wildman–Crippen MR) is 83.0 cm³/mol. The van der Waals surface area contributed by atoms with Gasteiger partial charge < -0.3 is 10.5 Å². The van der Waals surface area contributed by atoms with Crippen molar-refractivity contribution in [3.63, 3.8) is 0 Å². The molecule has 0 saturated carbocycles. The second-order valence-corrected chi connectivity index (χ2v) is 5.98. The molecule has 21 heavy (non-hydrogen) atoms. The molecule has 0 spiro atoms. The number of hydrogen-bond donors (Lipinski definition) is 2. The van der Waals surface area contributed by atoms with E-state index in [2.05, 4.69) is 36.8 Å². The third-order valence-electron chi connectivity index (χ3n) is 3.07. The van der Waals surface area contributed by atoms with Gasteiger partial charge >= 0.3 is 0 Å². The molecule has 1 aromatic heterocycles. The van der Waals surface area contributed by atoms with Crippen molar-refractivity contribution < 1.29 is 4.74 Å². The van der Waals surface area contributed by atoms with E-state index >= 15 is 0 Å². The van der Waals surface area contributed by atoms with Crippen molar-refractivity contribution in [3.8, 4) is 11.6 Å². The monoisotopic (exact) mass is 284 g/mol. The first-order chi connectivity index (χ1) is 9.79. The Morgan fingerprint density at radius 2 is 1.86 bits per heavy atom. The molecular formula is C16H20N4O. The normalized spacial score (nSPS) is 11.2. The van der Waals surface area contributed by atoms with Gasteiger partial charge in [0.25, 0.3) is 0 Å². The van der Waals surface area contributed by atoms with Crippen LogP contribution >= 0.6 is 0 Å². The summed E-state index contributed by atoms with van der Waals surface area (Å²) in [5.41, 5.74) is 7.93. The number of nitrogens with two attached hydrogens (primary N) is 1. The minimum absolute atomic E-state index is 0.0695. The van der Waals surface area contributed by atoms with Crippen LogP contribution < -0.4 is 10.5 Å². The van der Waals surface area contributed by atoms with Gasteiger partial charge in [-0.15, -0.1) is 0 Å². The number of hydrogen-bond acceptors (Lipinski definition) is 4. The number of amidine groups is 1. The number of rotatable bonds is 3. The summed E-state index contributed by atoms with van der Waals surface area (Å²) in [4.78, 5) is 8.18. The maximum absolute atomic E-state index is 7.55. The Balaban J connectivity index is 2.48. The summed E-state index contributed by atoms with van der Waals surface area (Å²) in [5.74, 6) is 0.790. The Labute approximate surface area is 124 Å². The van der Waals surface area contributed by atoms with Crippen molar-refractivity contribution in [1.29, 1.82) is 5.41 Å². The molecule has 2 aromatic rings. The SMILES string of the molecule is Cc1ccc(Oc2nccnc2C(=N)N)c(C(C)(C)C)c1. The van der Waals surface area contributed by atoms with Crippen molar-refractivity contribution in [3.05, 3.63) is 47.4 Å². The van der Waals surface area contributed by atoms with Crippen LogP contribution in [0.25, 0.3) is 0 Å². The first kappa shape index (κ1) is 15.0. The molecule has 0 atom stereocenters. The fraction of sp³-hybridized carbons (Fsp3) is 0.312. The van der Waals surface area contributed by atoms with E-state index in [0.717, 1.165) is 5.56 Å². The van der Waals surface area contributed by atoms with Gasteiger partial charge in [-0.05, 0) is 18.4 Å². The first-order valence-corrected chi connectivity index (χ1v) is 6.73. The molecule has 0 aliphatic carbocycles. The summed E-state index contributed by atoms with van der Waals surface area (Å²) in [6.45, 7) is 8.41. The molecule has 3 N–H and O–H groups in total. The highest BCUT2D eigenvalue weighted by molar-refractivity contribution is 5.95. The maximum Gasteiger partial charge on any atom is 0.249 e. The highest BCUT2D eigenvalue weighted by atomic mass is 16.5. The van der Waals surface area contributed by atoms with Gasteiger partial charge in [0.15, 0.2) is 5.69 Å². The van der Waals surface area contributed by atoms with E-state index < -0.39 is 0 Å². The van der Waals surface area contributed by atoms with Gasteiger partial charge in [-0.1, -0.05) is 38.5 Å². The first-order valence-electron chi connectivity index (χ1n) is 6.73. The minimum Gasteiger partial charge on any atom is -0.437 e. The average Bonchev–Trinajstić information content (AvgIpc) is 2.40. The molecule has 110 valence electrons. The van der Waals surface area contributed by atoms with Gasteiger partial charge in [0.1, 0.15) is 11.6 Å². The quantitative estimate of drug-likeness (QED) is 0.669. The minimum atomic E-state index is -0.164. The Kier molecular flexibility index (Phi) is 3.93. The number of benzene rings is 1. The van der Waals surface area contributed by atoms with Crippen LogP contribution in [0.3, 0.4) is 0 Å². The number of nitrogens with zero attached hydrogens (tertiary/aromatic N) is 2. The van der Waals surface area contributed by atoms with Crippen LogP contribution in [0.1, 0.15) is 37.6 Å². The fourth-order valence-electron chi connectivity index (χ4n) is 2.01. The number of ether oxygens (including phenoxy) is 1. The van der Waals surface area contributed by atoms with Crippen LogP contribution in [0.5, 0.6) is 11.6 Å². The summed E-state index contributed by atoms with van der Waals surface area (Å²) >= 11 is 0. The van der Waals surface area contributed by atoms with Crippen molar-refractivity contribution in [2.75, 3.05) is 0 Å². The fourth-order valence-corrected chi connectivity index (χ4v) is 2.01. The Hall–Kier alpha value is -2.43. The summed E-state index contributed by atoms with van der Waals surface area (Å²) in [6.07, 6.45) is 3.01. The number of aryl methyl sites for hydroxylation is 1. The van der Waals surface area contributed by atoms with Gasteiger partial charge in [0, 0.05) is 18.0 Å². The van der Waals surface area contributed by atoms with Crippen LogP contribution in [0.4, 0.5) is 0 Å². The zero-order valence-electron chi connectivity index (χ0n) is 12.8. The Morgan fingerprint density at radius 1 is 1.19 bits per heavy atom. The summed E-state index contributed by atoms with van der Waals surface area (Å²) < 4.78 is 5.89. The van der Waals surface area contributed by atoms with E-state index in [-0.39, 0.29) is 22.8 Å². The van der Waals surface area contributed by atoms with Crippen molar-refractivity contribution in [2.24, 2.45) is 5.73 Å². The zero-order valence-corrected chi connectivity index (χ0v) is 12.8. The second-order valence-electron chi connectivity index (χ2n) is 5.98.